The van der Waals surface area contributed by atoms with E-state index in [0.717, 1.165) is 0 Å². The highest BCUT2D eigenvalue weighted by molar-refractivity contribution is 9.09. The molecular weight excluding hydrogens is 262 g/mol. The molecule has 1 rings (SSSR count). The molecule has 4 nitrogen and oxygen atoms in total. The standard InChI is InChI=1S/C10H12BrNO3/c1-14-8-4-3-7(5-9(8)15-2)12-10(13)6-11/h3-5H,6H2,1-2H3,(H,12,13). The van der Waals surface area contributed by atoms with Crippen LogP contribution in [0.25, 0.3) is 0 Å². The summed E-state index contributed by atoms with van der Waals surface area (Å²) in [4.78, 5) is 11.1. The van der Waals surface area contributed by atoms with E-state index >= 15 is 0 Å². The first-order valence-corrected chi connectivity index (χ1v) is 5.41. The van der Waals surface area contributed by atoms with Crippen molar-refractivity contribution in [1.82, 2.24) is 0 Å². The summed E-state index contributed by atoms with van der Waals surface area (Å²) in [5.41, 5.74) is 0.678. The molecule has 0 spiro atoms. The first-order chi connectivity index (χ1) is 7.21. The lowest BCUT2D eigenvalue weighted by atomic mass is 10.2. The minimum absolute atomic E-state index is 0.109. The summed E-state index contributed by atoms with van der Waals surface area (Å²) in [6.45, 7) is 0. The Labute approximate surface area is 96.7 Å². The molecule has 0 bridgehead atoms. The number of ether oxygens (including phenoxy) is 2. The number of alkyl halides is 1. The Morgan fingerprint density at radius 3 is 2.53 bits per heavy atom. The summed E-state index contributed by atoms with van der Waals surface area (Å²) in [7, 11) is 3.11. The summed E-state index contributed by atoms with van der Waals surface area (Å²) >= 11 is 3.07. The summed E-state index contributed by atoms with van der Waals surface area (Å²) in [6.07, 6.45) is 0. The molecule has 0 saturated carbocycles. The predicted molar refractivity (Wildman–Crippen MR) is 62.0 cm³/mol. The second kappa shape index (κ2) is 5.60. The highest BCUT2D eigenvalue weighted by Gasteiger charge is 2.06. The quantitative estimate of drug-likeness (QED) is 0.855. The maximum atomic E-state index is 11.1. The van der Waals surface area contributed by atoms with Crippen molar-refractivity contribution in [3.63, 3.8) is 0 Å². The maximum Gasteiger partial charge on any atom is 0.235 e. The number of methoxy groups -OCH3 is 2. The molecule has 0 aliphatic rings. The second-order valence-corrected chi connectivity index (χ2v) is 3.31. The van der Waals surface area contributed by atoms with Gasteiger partial charge in [0.2, 0.25) is 5.91 Å². The number of anilines is 1. The number of rotatable bonds is 4. The largest absolute Gasteiger partial charge is 0.493 e. The first-order valence-electron chi connectivity index (χ1n) is 4.29. The molecular formula is C10H12BrNO3. The molecule has 0 radical (unpaired) electrons. The van der Waals surface area contributed by atoms with Gasteiger partial charge < -0.3 is 14.8 Å². The zero-order chi connectivity index (χ0) is 11.3. The van der Waals surface area contributed by atoms with Crippen LogP contribution in [0.5, 0.6) is 11.5 Å². The van der Waals surface area contributed by atoms with Crippen LogP contribution in [0.2, 0.25) is 0 Å². The van der Waals surface area contributed by atoms with E-state index in [1.807, 2.05) is 0 Å². The van der Waals surface area contributed by atoms with Gasteiger partial charge in [0.1, 0.15) is 0 Å². The third kappa shape index (κ3) is 3.13. The van der Waals surface area contributed by atoms with Crippen LogP contribution in [0.4, 0.5) is 5.69 Å². The van der Waals surface area contributed by atoms with Crippen molar-refractivity contribution < 1.29 is 14.3 Å². The highest BCUT2D eigenvalue weighted by atomic mass is 79.9. The van der Waals surface area contributed by atoms with Gasteiger partial charge in [-0.15, -0.1) is 0 Å². The van der Waals surface area contributed by atoms with Crippen molar-refractivity contribution in [1.29, 1.82) is 0 Å². The van der Waals surface area contributed by atoms with Gasteiger partial charge in [-0.05, 0) is 12.1 Å². The van der Waals surface area contributed by atoms with E-state index in [0.29, 0.717) is 17.2 Å². The molecule has 0 aliphatic carbocycles. The molecule has 0 aromatic heterocycles. The highest BCUT2D eigenvalue weighted by Crippen LogP contribution is 2.29. The van der Waals surface area contributed by atoms with Crippen molar-refractivity contribution >= 4 is 27.5 Å². The molecule has 5 heteroatoms. The van der Waals surface area contributed by atoms with Gasteiger partial charge in [-0.3, -0.25) is 4.79 Å². The van der Waals surface area contributed by atoms with Crippen molar-refractivity contribution in [2.75, 3.05) is 24.9 Å². The summed E-state index contributed by atoms with van der Waals surface area (Å²) in [6, 6.07) is 5.20. The number of nitrogens with one attached hydrogen (secondary N) is 1. The molecule has 0 atom stereocenters. The molecule has 0 saturated heterocycles. The molecule has 0 aliphatic heterocycles. The van der Waals surface area contributed by atoms with Crippen molar-refractivity contribution in [3.05, 3.63) is 18.2 Å². The van der Waals surface area contributed by atoms with Crippen LogP contribution in [0.1, 0.15) is 0 Å². The summed E-state index contributed by atoms with van der Waals surface area (Å²) < 4.78 is 10.2. The van der Waals surface area contributed by atoms with E-state index in [1.165, 1.54) is 0 Å². The van der Waals surface area contributed by atoms with Gasteiger partial charge in [-0.25, -0.2) is 0 Å². The number of carbonyl (C=O) groups excluding carboxylic acids is 1. The van der Waals surface area contributed by atoms with Crippen LogP contribution < -0.4 is 14.8 Å². The van der Waals surface area contributed by atoms with Crippen molar-refractivity contribution in [2.24, 2.45) is 0 Å². The maximum absolute atomic E-state index is 11.1. The van der Waals surface area contributed by atoms with E-state index in [9.17, 15) is 4.79 Å². The van der Waals surface area contributed by atoms with Gasteiger partial charge in [0.25, 0.3) is 0 Å². The molecule has 82 valence electrons. The molecule has 0 heterocycles. The topological polar surface area (TPSA) is 47.6 Å². The Kier molecular flexibility index (Phi) is 4.42. The van der Waals surface area contributed by atoms with E-state index in [2.05, 4.69) is 21.2 Å². The van der Waals surface area contributed by atoms with Gasteiger partial charge in [-0.1, -0.05) is 15.9 Å². The van der Waals surface area contributed by atoms with Crippen LogP contribution in [0.3, 0.4) is 0 Å². The smallest absolute Gasteiger partial charge is 0.235 e. The number of hydrogen-bond donors (Lipinski definition) is 1. The average molecular weight is 274 g/mol. The van der Waals surface area contributed by atoms with Crippen LogP contribution >= 0.6 is 15.9 Å². The Morgan fingerprint density at radius 1 is 1.33 bits per heavy atom. The third-order valence-corrected chi connectivity index (χ3v) is 2.30. The molecule has 0 fully saturated rings. The SMILES string of the molecule is COc1ccc(NC(=O)CBr)cc1OC. The molecule has 1 amide bonds. The molecule has 1 aromatic rings. The Morgan fingerprint density at radius 2 is 2.00 bits per heavy atom. The Hall–Kier alpha value is -1.23. The fourth-order valence-electron chi connectivity index (χ4n) is 1.11. The normalized spacial score (nSPS) is 9.53. The predicted octanol–water partition coefficient (Wildman–Crippen LogP) is 2.04. The molecule has 0 unspecified atom stereocenters. The van der Waals surface area contributed by atoms with Gasteiger partial charge >= 0.3 is 0 Å². The first kappa shape index (κ1) is 11.8. The number of benzene rings is 1. The minimum atomic E-state index is -0.109. The number of amides is 1. The zero-order valence-electron chi connectivity index (χ0n) is 8.54. The Bertz CT molecular complexity index is 355. The van der Waals surface area contributed by atoms with E-state index < -0.39 is 0 Å². The van der Waals surface area contributed by atoms with Gasteiger partial charge in [0.05, 0.1) is 19.5 Å². The van der Waals surface area contributed by atoms with Crippen LogP contribution in [0.15, 0.2) is 18.2 Å². The minimum Gasteiger partial charge on any atom is -0.493 e. The van der Waals surface area contributed by atoms with E-state index in [4.69, 9.17) is 9.47 Å². The fourth-order valence-corrected chi connectivity index (χ4v) is 1.25. The van der Waals surface area contributed by atoms with Crippen LogP contribution in [-0.4, -0.2) is 25.5 Å². The van der Waals surface area contributed by atoms with Crippen LogP contribution in [0, 0.1) is 0 Å². The summed E-state index contributed by atoms with van der Waals surface area (Å²) in [5.74, 6) is 1.11. The fraction of sp³-hybridized carbons (Fsp3) is 0.300. The zero-order valence-corrected chi connectivity index (χ0v) is 10.1. The molecule has 1 N–H and O–H groups in total. The van der Waals surface area contributed by atoms with Gasteiger partial charge in [-0.2, -0.15) is 0 Å². The molecule has 15 heavy (non-hydrogen) atoms. The van der Waals surface area contributed by atoms with Crippen LogP contribution in [-0.2, 0) is 4.79 Å². The van der Waals surface area contributed by atoms with E-state index in [1.54, 1.807) is 32.4 Å². The number of hydrogen-bond acceptors (Lipinski definition) is 3. The second-order valence-electron chi connectivity index (χ2n) is 2.75. The number of carbonyl (C=O) groups is 1. The van der Waals surface area contributed by atoms with Gasteiger partial charge in [0, 0.05) is 11.8 Å². The average Bonchev–Trinajstić information content (AvgIpc) is 2.28. The summed E-state index contributed by atoms with van der Waals surface area (Å²) in [5, 5.41) is 2.96. The van der Waals surface area contributed by atoms with Gasteiger partial charge in [0.15, 0.2) is 11.5 Å². The lowest BCUT2D eigenvalue weighted by molar-refractivity contribution is -0.113. The number of halogens is 1. The van der Waals surface area contributed by atoms with Crippen molar-refractivity contribution in [3.8, 4) is 11.5 Å². The monoisotopic (exact) mass is 273 g/mol. The Balaban J connectivity index is 2.88. The lowest BCUT2D eigenvalue weighted by Gasteiger charge is -2.09. The van der Waals surface area contributed by atoms with E-state index in [-0.39, 0.29) is 11.2 Å². The lowest BCUT2D eigenvalue weighted by Crippen LogP contribution is -2.12. The molecule has 1 aromatic carbocycles. The third-order valence-electron chi connectivity index (χ3n) is 1.79. The van der Waals surface area contributed by atoms with Crippen molar-refractivity contribution in [2.45, 2.75) is 0 Å².